The van der Waals surface area contributed by atoms with Gasteiger partial charge in [-0.25, -0.2) is 0 Å². The summed E-state index contributed by atoms with van der Waals surface area (Å²) in [4.78, 5) is 0. The van der Waals surface area contributed by atoms with Crippen LogP contribution in [0.1, 0.15) is 44.2 Å². The van der Waals surface area contributed by atoms with E-state index >= 15 is 0 Å². The van der Waals surface area contributed by atoms with Gasteiger partial charge in [0.2, 0.25) is 0 Å². The van der Waals surface area contributed by atoms with Crippen molar-refractivity contribution in [2.75, 3.05) is 10.7 Å². The largest absolute Gasteiger partial charge is 0.397 e. The molecule has 0 amide bonds. The zero-order valence-electron chi connectivity index (χ0n) is 29.1. The highest BCUT2D eigenvalue weighted by molar-refractivity contribution is 5.92. The lowest BCUT2D eigenvalue weighted by Gasteiger charge is -2.18. The first-order valence-electron chi connectivity index (χ1n) is 17.4. The maximum Gasteiger partial charge on any atom is 0.0743 e. The fraction of sp³-hybridized carbons (Fsp3) is 0.130. The van der Waals surface area contributed by atoms with Crippen molar-refractivity contribution in [3.8, 4) is 11.1 Å². The van der Waals surface area contributed by atoms with Crippen molar-refractivity contribution in [3.63, 3.8) is 0 Å². The molecule has 3 aromatic carbocycles. The van der Waals surface area contributed by atoms with Gasteiger partial charge in [0, 0.05) is 27.5 Å². The molecular weight excluding hydrogens is 609 g/mol. The van der Waals surface area contributed by atoms with Crippen molar-refractivity contribution in [1.29, 1.82) is 0 Å². The van der Waals surface area contributed by atoms with Gasteiger partial charge < -0.3 is 11.1 Å². The van der Waals surface area contributed by atoms with Crippen LogP contribution in [0.2, 0.25) is 0 Å². The molecule has 0 fully saturated rings. The molecule has 4 aromatic rings. The second-order valence-corrected chi connectivity index (χ2v) is 12.4. The molecule has 2 aliphatic rings. The van der Waals surface area contributed by atoms with Crippen LogP contribution in [0, 0.1) is 0 Å². The van der Waals surface area contributed by atoms with Crippen LogP contribution >= 0.6 is 0 Å². The van der Waals surface area contributed by atoms with Crippen molar-refractivity contribution >= 4 is 40.0 Å². The van der Waals surface area contributed by atoms with Crippen LogP contribution < -0.4 is 27.0 Å². The molecule has 1 heterocycles. The Morgan fingerprint density at radius 1 is 0.940 bits per heavy atom. The molecule has 1 aromatic heterocycles. The van der Waals surface area contributed by atoms with Gasteiger partial charge in [-0.3, -0.25) is 10.1 Å². The second kappa shape index (κ2) is 15.9. The maximum atomic E-state index is 6.36. The van der Waals surface area contributed by atoms with Crippen LogP contribution in [-0.2, 0) is 6.42 Å². The Balaban J connectivity index is 1.56. The number of allylic oxidation sites excluding steroid dienone is 14. The SMILES string of the molecule is C=C/C=C(/N)C(=C)Nn1c2/c(c3cc(Nc4cc(-c5ccccc5)ccc4C(/C=C\C)=C/C4=CC=CC4)cc(CC)c31)=C\C/C=C\C=C/C\C=2. The van der Waals surface area contributed by atoms with Crippen LogP contribution in [0.3, 0.4) is 0 Å². The number of nitrogens with one attached hydrogen (secondary N) is 2. The molecule has 4 N–H and O–H groups in total. The van der Waals surface area contributed by atoms with Gasteiger partial charge in [0.25, 0.3) is 0 Å². The molecule has 0 bridgehead atoms. The van der Waals surface area contributed by atoms with Gasteiger partial charge in [-0.1, -0.05) is 142 Å². The Bertz CT molecular complexity index is 2260. The molecule has 250 valence electrons. The van der Waals surface area contributed by atoms with Gasteiger partial charge in [-0.15, -0.1) is 0 Å². The van der Waals surface area contributed by atoms with E-state index in [0.717, 1.165) is 64.4 Å². The summed E-state index contributed by atoms with van der Waals surface area (Å²) in [7, 11) is 0. The van der Waals surface area contributed by atoms with Gasteiger partial charge in [0.15, 0.2) is 0 Å². The predicted octanol–water partition coefficient (Wildman–Crippen LogP) is 10.0. The van der Waals surface area contributed by atoms with Crippen molar-refractivity contribution in [3.05, 3.63) is 185 Å². The molecule has 4 heteroatoms. The van der Waals surface area contributed by atoms with Gasteiger partial charge >= 0.3 is 0 Å². The molecule has 0 spiro atoms. The normalized spacial score (nSPS) is 17.3. The van der Waals surface area contributed by atoms with E-state index in [0.29, 0.717) is 11.4 Å². The van der Waals surface area contributed by atoms with E-state index in [1.54, 1.807) is 12.2 Å². The topological polar surface area (TPSA) is 55.0 Å². The van der Waals surface area contributed by atoms with E-state index in [-0.39, 0.29) is 0 Å². The highest BCUT2D eigenvalue weighted by atomic mass is 15.4. The lowest BCUT2D eigenvalue weighted by Crippen LogP contribution is -2.35. The summed E-state index contributed by atoms with van der Waals surface area (Å²) in [6.45, 7) is 12.4. The lowest BCUT2D eigenvalue weighted by molar-refractivity contribution is 0.918. The molecule has 0 unspecified atom stereocenters. The Morgan fingerprint density at radius 3 is 2.46 bits per heavy atom. The zero-order valence-corrected chi connectivity index (χ0v) is 29.1. The average molecular weight is 655 g/mol. The number of aromatic nitrogens is 1. The Labute approximate surface area is 296 Å². The smallest absolute Gasteiger partial charge is 0.0743 e. The van der Waals surface area contributed by atoms with Crippen LogP contribution in [0.4, 0.5) is 11.4 Å². The average Bonchev–Trinajstić information content (AvgIpc) is 3.75. The number of hydrogen-bond acceptors (Lipinski definition) is 3. The Hall–Kier alpha value is -6.00. The number of aryl methyl sites for hydroxylation is 1. The van der Waals surface area contributed by atoms with E-state index in [4.69, 9.17) is 5.73 Å². The molecular formula is C46H46N4. The Morgan fingerprint density at radius 2 is 1.74 bits per heavy atom. The molecule has 50 heavy (non-hydrogen) atoms. The molecule has 0 saturated carbocycles. The second-order valence-electron chi connectivity index (χ2n) is 12.4. The summed E-state index contributed by atoms with van der Waals surface area (Å²) in [5.41, 5.74) is 21.4. The molecule has 0 aliphatic heterocycles. The summed E-state index contributed by atoms with van der Waals surface area (Å²) < 4.78 is 2.16. The molecule has 0 radical (unpaired) electrons. The molecule has 2 aliphatic carbocycles. The number of benzene rings is 3. The van der Waals surface area contributed by atoms with E-state index < -0.39 is 0 Å². The molecule has 0 atom stereocenters. The fourth-order valence-electron chi connectivity index (χ4n) is 6.55. The number of nitrogens with two attached hydrogens (primary N) is 1. The number of hydrogen-bond donors (Lipinski definition) is 3. The summed E-state index contributed by atoms with van der Waals surface area (Å²) >= 11 is 0. The quantitative estimate of drug-likeness (QED) is 0.141. The van der Waals surface area contributed by atoms with E-state index in [1.165, 1.54) is 27.5 Å². The summed E-state index contributed by atoms with van der Waals surface area (Å²) in [5.74, 6) is 0. The van der Waals surface area contributed by atoms with Gasteiger partial charge in [0.05, 0.1) is 22.3 Å². The number of rotatable bonds is 11. The number of nitrogens with zero attached hydrogens (tertiary/aromatic N) is 1. The van der Waals surface area contributed by atoms with Crippen molar-refractivity contribution in [1.82, 2.24) is 4.68 Å². The summed E-state index contributed by atoms with van der Waals surface area (Å²) in [6.07, 6.45) is 33.2. The fourth-order valence-corrected chi connectivity index (χ4v) is 6.55. The van der Waals surface area contributed by atoms with Crippen LogP contribution in [0.5, 0.6) is 0 Å². The van der Waals surface area contributed by atoms with Gasteiger partial charge in [-0.05, 0) is 84.7 Å². The van der Waals surface area contributed by atoms with Crippen molar-refractivity contribution in [2.24, 2.45) is 5.73 Å². The standard InChI is InChI=1S/C46H46N4/c1-5-19-38(29-34-21-17-18-22-34)40-28-27-37(36-23-13-12-14-24-36)31-44(40)48-39-30-35(7-3)46-42(32-39)41-25-15-10-8-9-11-16-26-45(41)50(46)49-33(4)43(47)20-6-2/h5-6,8-14,17-21,23-32,48-49H,2,4,7,15-16,22,47H2,1,3H3/b10-8-,11-9-,19-5-,38-29+,41-25-,43-20+,45-26+. The van der Waals surface area contributed by atoms with E-state index in [9.17, 15) is 0 Å². The highest BCUT2D eigenvalue weighted by Gasteiger charge is 2.16. The van der Waals surface area contributed by atoms with Crippen molar-refractivity contribution < 1.29 is 0 Å². The first-order valence-corrected chi connectivity index (χ1v) is 17.4. The van der Waals surface area contributed by atoms with Gasteiger partial charge in [0.1, 0.15) is 0 Å². The third-order valence-electron chi connectivity index (χ3n) is 8.99. The number of anilines is 2. The minimum atomic E-state index is 0.540. The van der Waals surface area contributed by atoms with E-state index in [2.05, 4.69) is 176 Å². The van der Waals surface area contributed by atoms with Crippen molar-refractivity contribution in [2.45, 2.75) is 39.5 Å². The zero-order chi connectivity index (χ0) is 34.9. The number of fused-ring (bicyclic) bond motifs is 3. The third kappa shape index (κ3) is 7.50. The minimum Gasteiger partial charge on any atom is -0.397 e. The Kier molecular flexibility index (Phi) is 10.8. The first-order chi connectivity index (χ1) is 24.5. The lowest BCUT2D eigenvalue weighted by atomic mass is 9.96. The maximum absolute atomic E-state index is 6.36. The monoisotopic (exact) mass is 654 g/mol. The van der Waals surface area contributed by atoms with Crippen LogP contribution in [-0.4, -0.2) is 4.68 Å². The minimum absolute atomic E-state index is 0.540. The summed E-state index contributed by atoms with van der Waals surface area (Å²) in [5, 5.41) is 7.34. The molecule has 4 nitrogen and oxygen atoms in total. The van der Waals surface area contributed by atoms with Crippen LogP contribution in [0.15, 0.2) is 164 Å². The summed E-state index contributed by atoms with van der Waals surface area (Å²) in [6, 6.07) is 21.9. The predicted molar refractivity (Wildman–Crippen MR) is 218 cm³/mol. The van der Waals surface area contributed by atoms with Crippen LogP contribution in [0.25, 0.3) is 39.8 Å². The van der Waals surface area contributed by atoms with E-state index in [1.807, 2.05) is 0 Å². The molecule has 6 rings (SSSR count). The third-order valence-corrected chi connectivity index (χ3v) is 8.99. The van der Waals surface area contributed by atoms with Gasteiger partial charge in [-0.2, -0.15) is 0 Å². The molecule has 0 saturated heterocycles. The first kappa shape index (κ1) is 33.9. The highest BCUT2D eigenvalue weighted by Crippen LogP contribution is 2.35.